The smallest absolute Gasteiger partial charge is 0.0456 e. The molecule has 0 bridgehead atoms. The van der Waals surface area contributed by atoms with Crippen LogP contribution in [0.2, 0.25) is 0 Å². The first-order valence-electron chi connectivity index (χ1n) is 7.07. The van der Waals surface area contributed by atoms with Gasteiger partial charge >= 0.3 is 0 Å². The van der Waals surface area contributed by atoms with Gasteiger partial charge in [0.25, 0.3) is 0 Å². The standard InChI is InChI=1S/C16H25N3/c1-16(2,3)18-10-6-9-17-12-14-11-13-7-4-5-8-15(13)19-14/h4-5,7-8,11,17-19H,6,9-10,12H2,1-3H3. The molecule has 3 N–H and O–H groups in total. The molecule has 0 aliphatic heterocycles. The fourth-order valence-electron chi connectivity index (χ4n) is 2.13. The van der Waals surface area contributed by atoms with Crippen LogP contribution in [-0.2, 0) is 6.54 Å². The van der Waals surface area contributed by atoms with Gasteiger partial charge in [-0.05, 0) is 57.8 Å². The third-order valence-electron chi connectivity index (χ3n) is 3.09. The molecule has 0 unspecified atom stereocenters. The predicted molar refractivity (Wildman–Crippen MR) is 82.4 cm³/mol. The minimum atomic E-state index is 0.219. The van der Waals surface area contributed by atoms with E-state index in [-0.39, 0.29) is 5.54 Å². The summed E-state index contributed by atoms with van der Waals surface area (Å²) < 4.78 is 0. The topological polar surface area (TPSA) is 39.8 Å². The molecule has 0 aliphatic carbocycles. The highest BCUT2D eigenvalue weighted by atomic mass is 15.0. The van der Waals surface area contributed by atoms with Crippen LogP contribution in [0.3, 0.4) is 0 Å². The van der Waals surface area contributed by atoms with Gasteiger partial charge < -0.3 is 15.6 Å². The van der Waals surface area contributed by atoms with Crippen molar-refractivity contribution in [2.45, 2.75) is 39.3 Å². The first-order valence-corrected chi connectivity index (χ1v) is 7.07. The third-order valence-corrected chi connectivity index (χ3v) is 3.09. The highest BCUT2D eigenvalue weighted by molar-refractivity contribution is 5.80. The van der Waals surface area contributed by atoms with Crippen molar-refractivity contribution in [2.75, 3.05) is 13.1 Å². The van der Waals surface area contributed by atoms with Gasteiger partial charge in [0.1, 0.15) is 0 Å². The molecule has 1 aromatic carbocycles. The summed E-state index contributed by atoms with van der Waals surface area (Å²) in [5.74, 6) is 0. The Bertz CT molecular complexity index is 475. The molecule has 2 rings (SSSR count). The molecule has 2 aromatic rings. The van der Waals surface area contributed by atoms with Crippen LogP contribution in [0.15, 0.2) is 30.3 Å². The number of hydrogen-bond donors (Lipinski definition) is 3. The van der Waals surface area contributed by atoms with E-state index in [1.807, 2.05) is 0 Å². The van der Waals surface area contributed by atoms with E-state index in [2.05, 4.69) is 66.7 Å². The first-order chi connectivity index (χ1) is 9.04. The number of benzene rings is 1. The third kappa shape index (κ3) is 4.69. The van der Waals surface area contributed by atoms with Crippen LogP contribution in [-0.4, -0.2) is 23.6 Å². The van der Waals surface area contributed by atoms with Crippen LogP contribution in [0.5, 0.6) is 0 Å². The highest BCUT2D eigenvalue weighted by Crippen LogP contribution is 2.14. The average molecular weight is 259 g/mol. The Labute approximate surface area is 115 Å². The van der Waals surface area contributed by atoms with Crippen LogP contribution in [0, 0.1) is 0 Å². The molecule has 0 radical (unpaired) electrons. The minimum Gasteiger partial charge on any atom is -0.357 e. The Balaban J connectivity index is 1.68. The lowest BCUT2D eigenvalue weighted by Gasteiger charge is -2.20. The van der Waals surface area contributed by atoms with Gasteiger partial charge in [0.05, 0.1) is 0 Å². The van der Waals surface area contributed by atoms with Gasteiger partial charge in [-0.2, -0.15) is 0 Å². The Kier molecular flexibility index (Phi) is 4.61. The van der Waals surface area contributed by atoms with E-state index in [1.165, 1.54) is 16.6 Å². The molecule has 0 saturated heterocycles. The maximum Gasteiger partial charge on any atom is 0.0456 e. The van der Waals surface area contributed by atoms with Gasteiger partial charge in [-0.3, -0.25) is 0 Å². The zero-order valence-corrected chi connectivity index (χ0v) is 12.2. The van der Waals surface area contributed by atoms with Crippen LogP contribution in [0.1, 0.15) is 32.9 Å². The summed E-state index contributed by atoms with van der Waals surface area (Å²) in [6.07, 6.45) is 1.15. The molecule has 0 saturated carbocycles. The molecule has 0 spiro atoms. The molecule has 1 heterocycles. The van der Waals surface area contributed by atoms with Crippen LogP contribution >= 0.6 is 0 Å². The molecule has 3 nitrogen and oxygen atoms in total. The van der Waals surface area contributed by atoms with Gasteiger partial charge in [-0.25, -0.2) is 0 Å². The van der Waals surface area contributed by atoms with Crippen molar-refractivity contribution in [3.05, 3.63) is 36.0 Å². The normalized spacial score (nSPS) is 12.2. The maximum atomic E-state index is 3.49. The lowest BCUT2D eigenvalue weighted by Crippen LogP contribution is -2.37. The van der Waals surface area contributed by atoms with Gasteiger partial charge in [0.15, 0.2) is 0 Å². The number of aromatic amines is 1. The lowest BCUT2D eigenvalue weighted by atomic mass is 10.1. The van der Waals surface area contributed by atoms with Crippen LogP contribution < -0.4 is 10.6 Å². The zero-order valence-electron chi connectivity index (χ0n) is 12.2. The lowest BCUT2D eigenvalue weighted by molar-refractivity contribution is 0.418. The molecular weight excluding hydrogens is 234 g/mol. The zero-order chi connectivity index (χ0) is 13.7. The monoisotopic (exact) mass is 259 g/mol. The number of para-hydroxylation sites is 1. The van der Waals surface area contributed by atoms with E-state index >= 15 is 0 Å². The summed E-state index contributed by atoms with van der Waals surface area (Å²) in [7, 11) is 0. The number of aromatic nitrogens is 1. The SMILES string of the molecule is CC(C)(C)NCCCNCc1cc2ccccc2[nH]1. The van der Waals surface area contributed by atoms with Crippen molar-refractivity contribution in [1.82, 2.24) is 15.6 Å². The van der Waals surface area contributed by atoms with Crippen molar-refractivity contribution in [3.8, 4) is 0 Å². The second-order valence-electron chi connectivity index (χ2n) is 6.09. The van der Waals surface area contributed by atoms with E-state index in [9.17, 15) is 0 Å². The van der Waals surface area contributed by atoms with E-state index in [4.69, 9.17) is 0 Å². The second kappa shape index (κ2) is 6.22. The first kappa shape index (κ1) is 14.1. The van der Waals surface area contributed by atoms with E-state index < -0.39 is 0 Å². The maximum absolute atomic E-state index is 3.49. The molecule has 3 heteroatoms. The Morgan fingerprint density at radius 2 is 1.89 bits per heavy atom. The van der Waals surface area contributed by atoms with Crippen molar-refractivity contribution >= 4 is 10.9 Å². The summed E-state index contributed by atoms with van der Waals surface area (Å²) >= 11 is 0. The predicted octanol–water partition coefficient (Wildman–Crippen LogP) is 3.04. The molecule has 104 valence electrons. The number of hydrogen-bond acceptors (Lipinski definition) is 2. The number of fused-ring (bicyclic) bond motifs is 1. The highest BCUT2D eigenvalue weighted by Gasteiger charge is 2.06. The summed E-state index contributed by atoms with van der Waals surface area (Å²) in [6, 6.07) is 10.6. The number of nitrogens with one attached hydrogen (secondary N) is 3. The second-order valence-corrected chi connectivity index (χ2v) is 6.09. The molecule has 19 heavy (non-hydrogen) atoms. The van der Waals surface area contributed by atoms with E-state index in [1.54, 1.807) is 0 Å². The van der Waals surface area contributed by atoms with Gasteiger partial charge in [-0.1, -0.05) is 18.2 Å². The van der Waals surface area contributed by atoms with Crippen molar-refractivity contribution in [2.24, 2.45) is 0 Å². The van der Waals surface area contributed by atoms with Crippen molar-refractivity contribution in [1.29, 1.82) is 0 Å². The van der Waals surface area contributed by atoms with E-state index in [0.29, 0.717) is 0 Å². The molecular formula is C16H25N3. The van der Waals surface area contributed by atoms with Gasteiger partial charge in [-0.15, -0.1) is 0 Å². The van der Waals surface area contributed by atoms with Crippen LogP contribution in [0.4, 0.5) is 0 Å². The van der Waals surface area contributed by atoms with E-state index in [0.717, 1.165) is 26.1 Å². The largest absolute Gasteiger partial charge is 0.357 e. The summed E-state index contributed by atoms with van der Waals surface area (Å²) in [6.45, 7) is 9.60. The summed E-state index contributed by atoms with van der Waals surface area (Å²) in [5.41, 5.74) is 2.69. The number of rotatable bonds is 6. The fourth-order valence-corrected chi connectivity index (χ4v) is 2.13. The minimum absolute atomic E-state index is 0.219. The number of H-pyrrole nitrogens is 1. The average Bonchev–Trinajstić information content (AvgIpc) is 2.74. The Morgan fingerprint density at radius 3 is 2.63 bits per heavy atom. The summed E-state index contributed by atoms with van der Waals surface area (Å²) in [5, 5.41) is 8.26. The fraction of sp³-hybridized carbons (Fsp3) is 0.500. The van der Waals surface area contributed by atoms with Crippen LogP contribution in [0.25, 0.3) is 10.9 Å². The van der Waals surface area contributed by atoms with Gasteiger partial charge in [0.2, 0.25) is 0 Å². The molecule has 0 amide bonds. The summed E-state index contributed by atoms with van der Waals surface area (Å²) in [4.78, 5) is 3.43. The molecule has 1 aromatic heterocycles. The molecule has 0 atom stereocenters. The van der Waals surface area contributed by atoms with Crippen molar-refractivity contribution in [3.63, 3.8) is 0 Å². The molecule has 0 fully saturated rings. The molecule has 0 aliphatic rings. The quantitative estimate of drug-likeness (QED) is 0.698. The van der Waals surface area contributed by atoms with Crippen molar-refractivity contribution < 1.29 is 0 Å². The van der Waals surface area contributed by atoms with Gasteiger partial charge in [0, 0.05) is 23.3 Å². The Morgan fingerprint density at radius 1 is 1.11 bits per heavy atom. The Hall–Kier alpha value is -1.32.